The molecular weight excluding hydrogens is 362 g/mol. The van der Waals surface area contributed by atoms with Gasteiger partial charge in [-0.2, -0.15) is 0 Å². The minimum Gasteiger partial charge on any atom is -0.337 e. The fraction of sp³-hybridized carbons (Fsp3) is 0.350. The van der Waals surface area contributed by atoms with Crippen LogP contribution in [0.2, 0.25) is 0 Å². The summed E-state index contributed by atoms with van der Waals surface area (Å²) in [5.74, 6) is -0.127. The molecule has 0 aromatic heterocycles. The first-order valence-electron chi connectivity index (χ1n) is 9.02. The van der Waals surface area contributed by atoms with Crippen LogP contribution >= 0.6 is 0 Å². The standard InChI is InChI=1S/C20H25N3O3S/c1-16-6-3-8-18(14-16)21-27(25,26)19-9-4-7-17(15-19)20(24)23-11-5-10-22(2)12-13-23/h3-4,6-9,14-15,21H,5,10-13H2,1-2H3. The molecule has 27 heavy (non-hydrogen) atoms. The second-order valence-electron chi connectivity index (χ2n) is 6.95. The number of hydrogen-bond donors (Lipinski definition) is 1. The highest BCUT2D eigenvalue weighted by atomic mass is 32.2. The van der Waals surface area contributed by atoms with Gasteiger partial charge in [0.05, 0.1) is 4.90 Å². The maximum atomic E-state index is 12.8. The van der Waals surface area contributed by atoms with Gasteiger partial charge in [-0.1, -0.05) is 18.2 Å². The summed E-state index contributed by atoms with van der Waals surface area (Å²) in [6.45, 7) is 5.00. The summed E-state index contributed by atoms with van der Waals surface area (Å²) in [6, 6.07) is 13.4. The smallest absolute Gasteiger partial charge is 0.261 e. The Morgan fingerprint density at radius 3 is 2.56 bits per heavy atom. The van der Waals surface area contributed by atoms with Crippen LogP contribution < -0.4 is 4.72 Å². The molecule has 144 valence electrons. The van der Waals surface area contributed by atoms with E-state index in [0.717, 1.165) is 25.1 Å². The number of likely N-dealkylation sites (N-methyl/N-ethyl adjacent to an activating group) is 1. The molecule has 0 aliphatic carbocycles. The van der Waals surface area contributed by atoms with Crippen LogP contribution in [0.1, 0.15) is 22.3 Å². The molecule has 1 fully saturated rings. The van der Waals surface area contributed by atoms with Gasteiger partial charge >= 0.3 is 0 Å². The lowest BCUT2D eigenvalue weighted by atomic mass is 10.2. The van der Waals surface area contributed by atoms with Crippen LogP contribution in [0.3, 0.4) is 0 Å². The lowest BCUT2D eigenvalue weighted by molar-refractivity contribution is 0.0762. The number of rotatable bonds is 4. The highest BCUT2D eigenvalue weighted by Crippen LogP contribution is 2.19. The van der Waals surface area contributed by atoms with Gasteiger partial charge < -0.3 is 9.80 Å². The molecule has 1 saturated heterocycles. The summed E-state index contributed by atoms with van der Waals surface area (Å²) in [6.07, 6.45) is 0.912. The van der Waals surface area contributed by atoms with E-state index in [2.05, 4.69) is 9.62 Å². The number of hydrogen-bond acceptors (Lipinski definition) is 4. The lowest BCUT2D eigenvalue weighted by Gasteiger charge is -2.21. The van der Waals surface area contributed by atoms with Crippen molar-refractivity contribution in [2.75, 3.05) is 37.9 Å². The molecule has 1 aliphatic heterocycles. The Morgan fingerprint density at radius 2 is 1.78 bits per heavy atom. The van der Waals surface area contributed by atoms with Gasteiger partial charge in [0, 0.05) is 30.9 Å². The Labute approximate surface area is 160 Å². The third-order valence-electron chi connectivity index (χ3n) is 4.67. The van der Waals surface area contributed by atoms with Crippen molar-refractivity contribution in [3.63, 3.8) is 0 Å². The van der Waals surface area contributed by atoms with E-state index in [9.17, 15) is 13.2 Å². The highest BCUT2D eigenvalue weighted by Gasteiger charge is 2.21. The zero-order valence-corrected chi connectivity index (χ0v) is 16.5. The molecule has 0 unspecified atom stereocenters. The average Bonchev–Trinajstić information content (AvgIpc) is 2.85. The number of sulfonamides is 1. The van der Waals surface area contributed by atoms with Crippen LogP contribution in [0, 0.1) is 6.92 Å². The molecule has 1 aliphatic rings. The van der Waals surface area contributed by atoms with E-state index in [-0.39, 0.29) is 10.8 Å². The normalized spacial score (nSPS) is 16.0. The van der Waals surface area contributed by atoms with Crippen molar-refractivity contribution in [1.82, 2.24) is 9.80 Å². The Balaban J connectivity index is 1.81. The average molecular weight is 388 g/mol. The van der Waals surface area contributed by atoms with E-state index < -0.39 is 10.0 Å². The van der Waals surface area contributed by atoms with Crippen molar-refractivity contribution in [1.29, 1.82) is 0 Å². The van der Waals surface area contributed by atoms with E-state index in [0.29, 0.717) is 24.3 Å². The molecule has 1 amide bonds. The van der Waals surface area contributed by atoms with Gasteiger partial charge in [0.2, 0.25) is 0 Å². The Morgan fingerprint density at radius 1 is 1.00 bits per heavy atom. The molecule has 0 spiro atoms. The third-order valence-corrected chi connectivity index (χ3v) is 6.05. The number of nitrogens with one attached hydrogen (secondary N) is 1. The fourth-order valence-electron chi connectivity index (χ4n) is 3.15. The number of amides is 1. The second kappa shape index (κ2) is 8.10. The van der Waals surface area contributed by atoms with Gasteiger partial charge in [0.25, 0.3) is 15.9 Å². The molecule has 0 radical (unpaired) electrons. The maximum absolute atomic E-state index is 12.8. The largest absolute Gasteiger partial charge is 0.337 e. The van der Waals surface area contributed by atoms with E-state index in [1.165, 1.54) is 12.1 Å². The molecule has 0 saturated carbocycles. The predicted molar refractivity (Wildman–Crippen MR) is 106 cm³/mol. The van der Waals surface area contributed by atoms with Crippen LogP contribution in [0.15, 0.2) is 53.4 Å². The SMILES string of the molecule is Cc1cccc(NS(=O)(=O)c2cccc(C(=O)N3CCCN(C)CC3)c2)c1. The summed E-state index contributed by atoms with van der Waals surface area (Å²) in [7, 11) is -1.72. The highest BCUT2D eigenvalue weighted by molar-refractivity contribution is 7.92. The Bertz CT molecular complexity index is 928. The molecule has 7 heteroatoms. The van der Waals surface area contributed by atoms with Crippen molar-refractivity contribution in [2.24, 2.45) is 0 Å². The summed E-state index contributed by atoms with van der Waals surface area (Å²) >= 11 is 0. The first kappa shape index (κ1) is 19.4. The maximum Gasteiger partial charge on any atom is 0.261 e. The van der Waals surface area contributed by atoms with Gasteiger partial charge in [0.1, 0.15) is 0 Å². The minimum absolute atomic E-state index is 0.0850. The number of benzene rings is 2. The summed E-state index contributed by atoms with van der Waals surface area (Å²) < 4.78 is 28.0. The quantitative estimate of drug-likeness (QED) is 0.875. The van der Waals surface area contributed by atoms with Crippen molar-refractivity contribution < 1.29 is 13.2 Å². The van der Waals surface area contributed by atoms with Crippen LogP contribution in [0.4, 0.5) is 5.69 Å². The summed E-state index contributed by atoms with van der Waals surface area (Å²) in [5.41, 5.74) is 1.86. The van der Waals surface area contributed by atoms with E-state index >= 15 is 0 Å². The number of aryl methyl sites for hydroxylation is 1. The molecule has 1 N–H and O–H groups in total. The third kappa shape index (κ3) is 4.87. The molecule has 3 rings (SSSR count). The van der Waals surface area contributed by atoms with E-state index in [1.54, 1.807) is 35.2 Å². The van der Waals surface area contributed by atoms with Gasteiger partial charge in [-0.15, -0.1) is 0 Å². The molecular formula is C20H25N3O3S. The minimum atomic E-state index is -3.76. The van der Waals surface area contributed by atoms with Crippen LogP contribution in [-0.4, -0.2) is 57.4 Å². The molecule has 6 nitrogen and oxygen atoms in total. The zero-order chi connectivity index (χ0) is 19.4. The fourth-order valence-corrected chi connectivity index (χ4v) is 4.25. The van der Waals surface area contributed by atoms with Gasteiger partial charge in [-0.3, -0.25) is 9.52 Å². The molecule has 2 aromatic rings. The van der Waals surface area contributed by atoms with E-state index in [4.69, 9.17) is 0 Å². The van der Waals surface area contributed by atoms with Gasteiger partial charge in [-0.05, 0) is 62.8 Å². The Kier molecular flexibility index (Phi) is 5.82. The number of carbonyl (C=O) groups is 1. The predicted octanol–water partition coefficient (Wildman–Crippen LogP) is 2.57. The van der Waals surface area contributed by atoms with Gasteiger partial charge in [0.15, 0.2) is 0 Å². The summed E-state index contributed by atoms with van der Waals surface area (Å²) in [4.78, 5) is 16.9. The van der Waals surface area contributed by atoms with Crippen molar-refractivity contribution >= 4 is 21.6 Å². The number of carbonyl (C=O) groups excluding carboxylic acids is 1. The van der Waals surface area contributed by atoms with Gasteiger partial charge in [-0.25, -0.2) is 8.42 Å². The van der Waals surface area contributed by atoms with E-state index in [1.807, 2.05) is 20.0 Å². The number of anilines is 1. The number of nitrogens with zero attached hydrogens (tertiary/aromatic N) is 2. The van der Waals surface area contributed by atoms with Crippen molar-refractivity contribution in [3.8, 4) is 0 Å². The molecule has 1 heterocycles. The topological polar surface area (TPSA) is 69.7 Å². The first-order valence-corrected chi connectivity index (χ1v) is 10.5. The van der Waals surface area contributed by atoms with Crippen LogP contribution in [0.25, 0.3) is 0 Å². The first-order chi connectivity index (χ1) is 12.8. The monoisotopic (exact) mass is 387 g/mol. The molecule has 0 atom stereocenters. The van der Waals surface area contributed by atoms with Crippen molar-refractivity contribution in [3.05, 3.63) is 59.7 Å². The summed E-state index contributed by atoms with van der Waals surface area (Å²) in [5, 5.41) is 0. The second-order valence-corrected chi connectivity index (χ2v) is 8.63. The molecule has 2 aromatic carbocycles. The lowest BCUT2D eigenvalue weighted by Crippen LogP contribution is -2.34. The Hall–Kier alpha value is -2.38. The van der Waals surface area contributed by atoms with Crippen LogP contribution in [0.5, 0.6) is 0 Å². The zero-order valence-electron chi connectivity index (χ0n) is 15.7. The van der Waals surface area contributed by atoms with Crippen molar-refractivity contribution in [2.45, 2.75) is 18.2 Å². The molecule has 0 bridgehead atoms. The van der Waals surface area contributed by atoms with Crippen LogP contribution in [-0.2, 0) is 10.0 Å².